The van der Waals surface area contributed by atoms with Crippen molar-refractivity contribution in [3.8, 4) is 11.1 Å². The van der Waals surface area contributed by atoms with Gasteiger partial charge in [-0.25, -0.2) is 0 Å². The van der Waals surface area contributed by atoms with E-state index in [1.54, 1.807) is 0 Å². The predicted molar refractivity (Wildman–Crippen MR) is 134 cm³/mol. The summed E-state index contributed by atoms with van der Waals surface area (Å²) >= 11 is 0. The largest absolute Gasteiger partial charge is 0.298 e. The van der Waals surface area contributed by atoms with Crippen LogP contribution in [0.1, 0.15) is 106 Å². The van der Waals surface area contributed by atoms with Crippen molar-refractivity contribution >= 4 is 23.2 Å². The minimum Gasteiger partial charge on any atom is -0.298 e. The fraction of sp³-hybridized carbons (Fsp3) is 0.333. The molecule has 2 heteroatoms. The second-order valence-electron chi connectivity index (χ2n) is 9.87. The number of aldehydes is 1. The summed E-state index contributed by atoms with van der Waals surface area (Å²) in [6.07, 6.45) is 0.908. The Bertz CT molecular complexity index is 1280. The minimum absolute atomic E-state index is 0.0373. The van der Waals surface area contributed by atoms with Gasteiger partial charge in [0.2, 0.25) is 0 Å². The third-order valence-corrected chi connectivity index (χ3v) is 7.12. The molecule has 4 rings (SSSR count). The van der Waals surface area contributed by atoms with E-state index in [1.807, 2.05) is 6.92 Å². The molecular weight excluding hydrogens is 392 g/mol. The monoisotopic (exact) mass is 424 g/mol. The summed E-state index contributed by atoms with van der Waals surface area (Å²) in [5.41, 5.74) is 13.0. The maximum Gasteiger partial charge on any atom is 0.194 e. The van der Waals surface area contributed by atoms with E-state index in [9.17, 15) is 9.59 Å². The molecule has 0 radical (unpaired) electrons. The molecule has 0 amide bonds. The zero-order valence-electron chi connectivity index (χ0n) is 20.4. The van der Waals surface area contributed by atoms with Gasteiger partial charge in [-0.3, -0.25) is 9.59 Å². The van der Waals surface area contributed by atoms with Crippen LogP contribution in [-0.4, -0.2) is 12.1 Å². The van der Waals surface area contributed by atoms with E-state index in [0.717, 1.165) is 45.2 Å². The van der Waals surface area contributed by atoms with Crippen LogP contribution in [0.5, 0.6) is 0 Å². The lowest BCUT2D eigenvalue weighted by Gasteiger charge is -2.15. The highest BCUT2D eigenvalue weighted by Gasteiger charge is 2.34. The molecule has 0 atom stereocenters. The molecule has 164 valence electrons. The van der Waals surface area contributed by atoms with Crippen molar-refractivity contribution in [1.29, 1.82) is 0 Å². The topological polar surface area (TPSA) is 34.1 Å². The van der Waals surface area contributed by atoms with Crippen LogP contribution in [0.2, 0.25) is 0 Å². The lowest BCUT2D eigenvalue weighted by atomic mass is 9.87. The van der Waals surface area contributed by atoms with Crippen molar-refractivity contribution < 1.29 is 9.59 Å². The van der Waals surface area contributed by atoms with Crippen molar-refractivity contribution in [3.05, 3.63) is 80.4 Å². The summed E-state index contributed by atoms with van der Waals surface area (Å²) in [4.78, 5) is 25.7. The summed E-state index contributed by atoms with van der Waals surface area (Å²) < 4.78 is 0. The standard InChI is InChI=1S/C30H32O2/c1-15(2)21-10-9-17(5)27-23(12-21)18(6)11-25(27)29-19(7)24-13-22(16(3)4)26(14-31)20(8)28(24)30(29)32/h9-16H,1-8H3. The summed E-state index contributed by atoms with van der Waals surface area (Å²) in [6.45, 7) is 16.8. The van der Waals surface area contributed by atoms with Crippen molar-refractivity contribution in [2.24, 2.45) is 0 Å². The SMILES string of the molecule is CC1=C(c2cc(C)c3cc(C(C)C)ccc(C)c2-3)C(=O)c2c1cc(C(C)C)c(C=O)c2C. The molecule has 0 heterocycles. The Kier molecular flexibility index (Phi) is 5.45. The highest BCUT2D eigenvalue weighted by atomic mass is 16.1. The van der Waals surface area contributed by atoms with Gasteiger partial charge in [-0.1, -0.05) is 52.0 Å². The van der Waals surface area contributed by atoms with Gasteiger partial charge in [0.15, 0.2) is 12.1 Å². The molecule has 0 aromatic heterocycles. The van der Waals surface area contributed by atoms with Crippen molar-refractivity contribution in [2.75, 3.05) is 0 Å². The molecule has 3 aliphatic rings. The van der Waals surface area contributed by atoms with E-state index < -0.39 is 0 Å². The van der Waals surface area contributed by atoms with Crippen LogP contribution < -0.4 is 0 Å². The first-order valence-electron chi connectivity index (χ1n) is 11.5. The number of hydrogen-bond donors (Lipinski definition) is 0. The van der Waals surface area contributed by atoms with Gasteiger partial charge in [-0.05, 0) is 101 Å². The molecule has 0 saturated heterocycles. The van der Waals surface area contributed by atoms with Crippen LogP contribution >= 0.6 is 0 Å². The number of carbonyl (C=O) groups excluding carboxylic acids is 2. The van der Waals surface area contributed by atoms with Gasteiger partial charge < -0.3 is 0 Å². The highest BCUT2D eigenvalue weighted by Crippen LogP contribution is 2.47. The number of ketones is 1. The van der Waals surface area contributed by atoms with Gasteiger partial charge >= 0.3 is 0 Å². The van der Waals surface area contributed by atoms with Gasteiger partial charge in [0.1, 0.15) is 0 Å². The maximum atomic E-state index is 13.8. The number of rotatable bonds is 4. The number of benzene rings is 1. The fourth-order valence-electron chi connectivity index (χ4n) is 5.23. The fourth-order valence-corrected chi connectivity index (χ4v) is 5.23. The van der Waals surface area contributed by atoms with Crippen molar-refractivity contribution in [2.45, 2.75) is 67.2 Å². The second-order valence-corrected chi connectivity index (χ2v) is 9.87. The molecule has 3 aliphatic carbocycles. The Balaban J connectivity index is 2.00. The normalized spacial score (nSPS) is 13.6. The van der Waals surface area contributed by atoms with Crippen LogP contribution in [0, 0.1) is 20.8 Å². The van der Waals surface area contributed by atoms with E-state index in [0.29, 0.717) is 17.0 Å². The molecular formula is C30H32O2. The van der Waals surface area contributed by atoms with E-state index in [2.05, 4.69) is 78.8 Å². The Hall–Kier alpha value is -3.00. The van der Waals surface area contributed by atoms with E-state index in [4.69, 9.17) is 0 Å². The van der Waals surface area contributed by atoms with Crippen LogP contribution in [0.3, 0.4) is 0 Å². The number of aryl methyl sites for hydroxylation is 2. The lowest BCUT2D eigenvalue weighted by Crippen LogP contribution is -2.07. The predicted octanol–water partition coefficient (Wildman–Crippen LogP) is 7.90. The number of carbonyl (C=O) groups is 2. The quantitative estimate of drug-likeness (QED) is 0.399. The summed E-state index contributed by atoms with van der Waals surface area (Å²) in [5, 5.41) is 0. The zero-order valence-corrected chi connectivity index (χ0v) is 20.4. The van der Waals surface area contributed by atoms with Gasteiger partial charge in [0, 0.05) is 16.7 Å². The van der Waals surface area contributed by atoms with E-state index >= 15 is 0 Å². The average molecular weight is 425 g/mol. The first-order chi connectivity index (χ1) is 15.1. The number of hydrogen-bond acceptors (Lipinski definition) is 2. The average Bonchev–Trinajstić information content (AvgIpc) is 3.08. The van der Waals surface area contributed by atoms with Crippen LogP contribution in [0.4, 0.5) is 0 Å². The molecule has 0 saturated carbocycles. The summed E-state index contributed by atoms with van der Waals surface area (Å²) in [6, 6.07) is 10.9. The van der Waals surface area contributed by atoms with E-state index in [1.165, 1.54) is 22.3 Å². The van der Waals surface area contributed by atoms with Crippen molar-refractivity contribution in [3.63, 3.8) is 0 Å². The molecule has 0 unspecified atom stereocenters. The lowest BCUT2D eigenvalue weighted by molar-refractivity contribution is 0.105. The van der Waals surface area contributed by atoms with Crippen molar-refractivity contribution in [1.82, 2.24) is 0 Å². The number of allylic oxidation sites excluding steroid dienone is 2. The minimum atomic E-state index is 0.0373. The Labute approximate surface area is 191 Å². The molecule has 0 N–H and O–H groups in total. The van der Waals surface area contributed by atoms with Crippen LogP contribution in [0.15, 0.2) is 30.3 Å². The molecule has 1 aromatic carbocycles. The molecule has 1 aromatic rings. The molecule has 0 aliphatic heterocycles. The highest BCUT2D eigenvalue weighted by molar-refractivity contribution is 6.41. The smallest absolute Gasteiger partial charge is 0.194 e. The Morgan fingerprint density at radius 1 is 0.750 bits per heavy atom. The third-order valence-electron chi connectivity index (χ3n) is 7.12. The summed E-state index contributed by atoms with van der Waals surface area (Å²) in [7, 11) is 0. The first-order valence-corrected chi connectivity index (χ1v) is 11.5. The molecule has 2 nitrogen and oxygen atoms in total. The first kappa shape index (κ1) is 22.2. The molecule has 32 heavy (non-hydrogen) atoms. The molecule has 0 bridgehead atoms. The van der Waals surface area contributed by atoms with Gasteiger partial charge in [0.05, 0.1) is 0 Å². The second kappa shape index (κ2) is 7.85. The number of fused-ring (bicyclic) bond motifs is 2. The van der Waals surface area contributed by atoms with Gasteiger partial charge in [-0.2, -0.15) is 0 Å². The van der Waals surface area contributed by atoms with E-state index in [-0.39, 0.29) is 11.7 Å². The third kappa shape index (κ3) is 3.16. The Morgan fingerprint density at radius 3 is 2.03 bits per heavy atom. The molecule has 0 fully saturated rings. The van der Waals surface area contributed by atoms with Crippen LogP contribution in [-0.2, 0) is 0 Å². The number of Topliss-reactive ketones (excluding diaryl/α,β-unsaturated/α-hetero) is 1. The van der Waals surface area contributed by atoms with Crippen LogP contribution in [0.25, 0.3) is 22.3 Å². The summed E-state index contributed by atoms with van der Waals surface area (Å²) in [5.74, 6) is 0.680. The zero-order chi connectivity index (χ0) is 23.5. The Morgan fingerprint density at radius 2 is 1.44 bits per heavy atom. The van der Waals surface area contributed by atoms with Gasteiger partial charge in [-0.15, -0.1) is 0 Å². The van der Waals surface area contributed by atoms with Gasteiger partial charge in [0.25, 0.3) is 0 Å². The molecule has 0 spiro atoms. The maximum absolute atomic E-state index is 13.8.